The van der Waals surface area contributed by atoms with Gasteiger partial charge in [-0.25, -0.2) is 4.79 Å². The molecule has 1 saturated heterocycles. The smallest absolute Gasteiger partial charge is 0.321 e. The quantitative estimate of drug-likeness (QED) is 0.747. The monoisotopic (exact) mass is 426 g/mol. The minimum absolute atomic E-state index is 0.0994. The van der Waals surface area contributed by atoms with E-state index in [1.54, 1.807) is 40.1 Å². The van der Waals surface area contributed by atoms with E-state index in [-0.39, 0.29) is 29.3 Å². The highest BCUT2D eigenvalue weighted by atomic mass is 35.5. The molecule has 8 nitrogen and oxygen atoms in total. The van der Waals surface area contributed by atoms with Crippen molar-refractivity contribution in [3.8, 4) is 0 Å². The molecule has 0 bridgehead atoms. The summed E-state index contributed by atoms with van der Waals surface area (Å²) in [7, 11) is 1.42. The van der Waals surface area contributed by atoms with Crippen molar-refractivity contribution in [2.75, 3.05) is 38.5 Å². The number of benzene rings is 2. The van der Waals surface area contributed by atoms with Gasteiger partial charge in [-0.2, -0.15) is 0 Å². The average molecular weight is 427 g/mol. The third-order valence-electron chi connectivity index (χ3n) is 5.29. The van der Waals surface area contributed by atoms with Crippen molar-refractivity contribution in [1.29, 1.82) is 0 Å². The minimum Gasteiger partial charge on any atom is -0.335 e. The number of nitrogens with one attached hydrogen (secondary N) is 1. The van der Waals surface area contributed by atoms with Crippen LogP contribution in [0.25, 0.3) is 0 Å². The molecule has 2 aliphatic rings. The van der Waals surface area contributed by atoms with Crippen molar-refractivity contribution in [3.05, 3.63) is 64.2 Å². The number of hydrogen-bond acceptors (Lipinski definition) is 4. The number of urea groups is 1. The van der Waals surface area contributed by atoms with E-state index in [4.69, 9.17) is 11.6 Å². The number of carbonyl (C=O) groups excluding carboxylic acids is 4. The summed E-state index contributed by atoms with van der Waals surface area (Å²) in [5.41, 5.74) is 1.60. The van der Waals surface area contributed by atoms with Crippen molar-refractivity contribution in [2.24, 2.45) is 0 Å². The van der Waals surface area contributed by atoms with Crippen molar-refractivity contribution in [1.82, 2.24) is 14.7 Å². The van der Waals surface area contributed by atoms with Gasteiger partial charge >= 0.3 is 6.03 Å². The van der Waals surface area contributed by atoms with Crippen molar-refractivity contribution < 1.29 is 19.2 Å². The van der Waals surface area contributed by atoms with Crippen LogP contribution in [0.2, 0.25) is 5.02 Å². The summed E-state index contributed by atoms with van der Waals surface area (Å²) in [6.07, 6.45) is 0. The number of carbonyl (C=O) groups is 4. The van der Waals surface area contributed by atoms with Crippen molar-refractivity contribution in [2.45, 2.75) is 0 Å². The first-order valence-electron chi connectivity index (χ1n) is 9.42. The molecule has 2 aliphatic heterocycles. The van der Waals surface area contributed by atoms with E-state index in [1.165, 1.54) is 19.2 Å². The number of hydrogen-bond donors (Lipinski definition) is 1. The van der Waals surface area contributed by atoms with Gasteiger partial charge in [-0.05, 0) is 42.5 Å². The zero-order valence-corrected chi connectivity index (χ0v) is 17.0. The van der Waals surface area contributed by atoms with Gasteiger partial charge in [0.25, 0.3) is 17.7 Å². The molecule has 30 heavy (non-hydrogen) atoms. The van der Waals surface area contributed by atoms with Crippen molar-refractivity contribution in [3.63, 3.8) is 0 Å². The molecule has 154 valence electrons. The lowest BCUT2D eigenvalue weighted by atomic mass is 10.1. The lowest BCUT2D eigenvalue weighted by Crippen LogP contribution is -2.51. The largest absolute Gasteiger partial charge is 0.335 e. The van der Waals surface area contributed by atoms with Gasteiger partial charge in [-0.3, -0.25) is 19.3 Å². The zero-order chi connectivity index (χ0) is 21.4. The Morgan fingerprint density at radius 2 is 1.47 bits per heavy atom. The van der Waals surface area contributed by atoms with Crippen LogP contribution < -0.4 is 5.32 Å². The average Bonchev–Trinajstić information content (AvgIpc) is 2.97. The normalized spacial score (nSPS) is 16.0. The highest BCUT2D eigenvalue weighted by Crippen LogP contribution is 2.25. The maximum atomic E-state index is 12.6. The van der Waals surface area contributed by atoms with Gasteiger partial charge in [-0.15, -0.1) is 0 Å². The fourth-order valence-electron chi connectivity index (χ4n) is 3.53. The van der Waals surface area contributed by atoms with Crippen LogP contribution in [0.4, 0.5) is 10.5 Å². The predicted octanol–water partition coefficient (Wildman–Crippen LogP) is 2.56. The first-order valence-corrected chi connectivity index (χ1v) is 9.80. The van der Waals surface area contributed by atoms with E-state index in [9.17, 15) is 19.2 Å². The van der Waals surface area contributed by atoms with E-state index in [1.807, 2.05) is 0 Å². The summed E-state index contributed by atoms with van der Waals surface area (Å²) in [4.78, 5) is 53.6. The maximum Gasteiger partial charge on any atom is 0.321 e. The third-order valence-corrected chi connectivity index (χ3v) is 5.54. The Hall–Kier alpha value is -3.39. The topological polar surface area (TPSA) is 90.0 Å². The number of piperazine rings is 1. The molecule has 0 aromatic heterocycles. The Kier molecular flexibility index (Phi) is 5.17. The van der Waals surface area contributed by atoms with Crippen LogP contribution in [0.15, 0.2) is 42.5 Å². The minimum atomic E-state index is -0.388. The fraction of sp³-hybridized carbons (Fsp3) is 0.238. The molecule has 0 atom stereocenters. The van der Waals surface area contributed by atoms with Gasteiger partial charge in [0.2, 0.25) is 0 Å². The van der Waals surface area contributed by atoms with Crippen LogP contribution in [-0.4, -0.2) is 71.7 Å². The SMILES string of the molecule is CN1C(=O)c2ccc(NC(=O)N3CCN(C(=O)c4ccc(Cl)cc4)CC3)cc2C1=O. The van der Waals surface area contributed by atoms with Gasteiger partial charge in [-0.1, -0.05) is 11.6 Å². The van der Waals surface area contributed by atoms with E-state index >= 15 is 0 Å². The molecule has 4 rings (SSSR count). The van der Waals surface area contributed by atoms with Crippen LogP contribution in [0.5, 0.6) is 0 Å². The third kappa shape index (κ3) is 3.61. The number of fused-ring (bicyclic) bond motifs is 1. The Morgan fingerprint density at radius 3 is 2.13 bits per heavy atom. The first-order chi connectivity index (χ1) is 14.3. The molecule has 9 heteroatoms. The first kappa shape index (κ1) is 19.9. The summed E-state index contributed by atoms with van der Waals surface area (Å²) < 4.78 is 0. The van der Waals surface area contributed by atoms with Gasteiger partial charge in [0.05, 0.1) is 11.1 Å². The van der Waals surface area contributed by atoms with Gasteiger partial charge in [0.15, 0.2) is 0 Å². The molecule has 2 heterocycles. The Bertz CT molecular complexity index is 1050. The number of nitrogens with zero attached hydrogens (tertiary/aromatic N) is 3. The van der Waals surface area contributed by atoms with E-state index in [2.05, 4.69) is 5.32 Å². The van der Waals surface area contributed by atoms with Gasteiger partial charge < -0.3 is 15.1 Å². The summed E-state index contributed by atoms with van der Waals surface area (Å²) in [5, 5.41) is 3.33. The van der Waals surface area contributed by atoms with E-state index < -0.39 is 0 Å². The standard InChI is InChI=1S/C21H19ClN4O4/c1-24-19(28)16-7-6-15(12-17(16)20(24)29)23-21(30)26-10-8-25(9-11-26)18(27)13-2-4-14(22)5-3-13/h2-7,12H,8-11H2,1H3,(H,23,30). The van der Waals surface area contributed by atoms with Crippen LogP contribution in [0, 0.1) is 0 Å². The zero-order valence-electron chi connectivity index (χ0n) is 16.2. The fourth-order valence-corrected chi connectivity index (χ4v) is 3.66. The van der Waals surface area contributed by atoms with Crippen LogP contribution in [0.1, 0.15) is 31.1 Å². The van der Waals surface area contributed by atoms with E-state index in [0.29, 0.717) is 48.0 Å². The highest BCUT2D eigenvalue weighted by Gasteiger charge is 2.33. The molecule has 0 aliphatic carbocycles. The number of halogens is 1. The van der Waals surface area contributed by atoms with Crippen LogP contribution >= 0.6 is 11.6 Å². The molecule has 2 aromatic rings. The summed E-state index contributed by atoms with van der Waals surface area (Å²) in [6.45, 7) is 1.60. The Labute approximate surface area is 178 Å². The lowest BCUT2D eigenvalue weighted by molar-refractivity contribution is 0.0669. The second kappa shape index (κ2) is 7.79. The number of rotatable bonds is 2. The lowest BCUT2D eigenvalue weighted by Gasteiger charge is -2.34. The Morgan fingerprint density at radius 1 is 0.867 bits per heavy atom. The van der Waals surface area contributed by atoms with Crippen molar-refractivity contribution >= 4 is 41.0 Å². The molecular formula is C21H19ClN4O4. The second-order valence-corrected chi connectivity index (χ2v) is 7.58. The molecule has 0 spiro atoms. The molecule has 5 amide bonds. The summed E-state index contributed by atoms with van der Waals surface area (Å²) in [6, 6.07) is 11.0. The molecule has 0 unspecified atom stereocenters. The molecule has 1 fully saturated rings. The summed E-state index contributed by atoms with van der Waals surface area (Å²) >= 11 is 5.86. The number of amides is 5. The second-order valence-electron chi connectivity index (χ2n) is 7.15. The van der Waals surface area contributed by atoms with Gasteiger partial charge in [0, 0.05) is 49.5 Å². The summed E-state index contributed by atoms with van der Waals surface area (Å²) in [5.74, 6) is -0.840. The molecule has 0 saturated carbocycles. The molecule has 1 N–H and O–H groups in total. The molecule has 0 radical (unpaired) electrons. The number of anilines is 1. The number of imide groups is 1. The van der Waals surface area contributed by atoms with Gasteiger partial charge in [0.1, 0.15) is 0 Å². The van der Waals surface area contributed by atoms with Crippen LogP contribution in [-0.2, 0) is 0 Å². The Balaban J connectivity index is 1.36. The molecular weight excluding hydrogens is 408 g/mol. The molecule has 2 aromatic carbocycles. The highest BCUT2D eigenvalue weighted by molar-refractivity contribution is 6.30. The van der Waals surface area contributed by atoms with E-state index in [0.717, 1.165) is 4.90 Å². The van der Waals surface area contributed by atoms with Crippen LogP contribution in [0.3, 0.4) is 0 Å². The maximum absolute atomic E-state index is 12.6. The predicted molar refractivity (Wildman–Crippen MR) is 111 cm³/mol.